The fourth-order valence-electron chi connectivity index (χ4n) is 11.5. The van der Waals surface area contributed by atoms with Crippen molar-refractivity contribution in [2.24, 2.45) is 0 Å². The first kappa shape index (κ1) is 42.2. The third-order valence-electron chi connectivity index (χ3n) is 15.0. The van der Waals surface area contributed by atoms with Gasteiger partial charge in [-0.25, -0.2) is 9.97 Å². The predicted molar refractivity (Wildman–Crippen MR) is 314 cm³/mol. The topological polar surface area (TPSA) is 30.7 Å². The molecule has 0 amide bonds. The maximum absolute atomic E-state index is 5.38. The van der Waals surface area contributed by atoms with E-state index in [0.717, 1.165) is 39.0 Å². The Morgan fingerprint density at radius 3 is 1.59 bits per heavy atom. The minimum atomic E-state index is 0.690. The Hall–Kier alpha value is -9.48. The van der Waals surface area contributed by atoms with Crippen molar-refractivity contribution >= 4 is 85.8 Å². The van der Waals surface area contributed by atoms with E-state index in [0.29, 0.717) is 5.82 Å². The fourth-order valence-corrected chi connectivity index (χ4v) is 12.7. The lowest BCUT2D eigenvalue weighted by Crippen LogP contribution is -1.97. The summed E-state index contributed by atoms with van der Waals surface area (Å²) in [6.45, 7) is 0. The van der Waals surface area contributed by atoms with Gasteiger partial charge in [0.15, 0.2) is 5.82 Å². The molecule has 0 unspecified atom stereocenters. The Balaban J connectivity index is 0.864. The molecular formula is C70H43N3S. The van der Waals surface area contributed by atoms with E-state index in [-0.39, 0.29) is 0 Å². The second-order valence-corrected chi connectivity index (χ2v) is 20.3. The molecule has 0 aliphatic carbocycles. The van der Waals surface area contributed by atoms with E-state index in [1.807, 2.05) is 11.3 Å². The number of fused-ring (bicyclic) bond motifs is 11. The summed E-state index contributed by atoms with van der Waals surface area (Å²) < 4.78 is 5.08. The summed E-state index contributed by atoms with van der Waals surface area (Å²) in [7, 11) is 0. The van der Waals surface area contributed by atoms with E-state index in [4.69, 9.17) is 9.97 Å². The minimum Gasteiger partial charge on any atom is -0.309 e. The van der Waals surface area contributed by atoms with Gasteiger partial charge in [0.25, 0.3) is 0 Å². The highest BCUT2D eigenvalue weighted by Crippen LogP contribution is 2.47. The van der Waals surface area contributed by atoms with Gasteiger partial charge in [0.05, 0.1) is 22.2 Å². The summed E-state index contributed by atoms with van der Waals surface area (Å²) in [6, 6.07) is 94.7. The van der Waals surface area contributed by atoms with Crippen LogP contribution in [0.1, 0.15) is 0 Å². The molecule has 0 aliphatic heterocycles. The molecule has 74 heavy (non-hydrogen) atoms. The van der Waals surface area contributed by atoms with Crippen LogP contribution < -0.4 is 0 Å². The number of nitrogens with zero attached hydrogens (tertiary/aromatic N) is 3. The predicted octanol–water partition coefficient (Wildman–Crippen LogP) is 19.4. The van der Waals surface area contributed by atoms with Gasteiger partial charge >= 0.3 is 0 Å². The molecule has 3 aromatic heterocycles. The molecule has 0 bridgehead atoms. The summed E-state index contributed by atoms with van der Waals surface area (Å²) in [6.07, 6.45) is 0. The van der Waals surface area contributed by atoms with Crippen LogP contribution in [-0.2, 0) is 0 Å². The number of hydrogen-bond donors (Lipinski definition) is 0. The standard InChI is InChI=1S/C70H43N3S/c1-3-16-44(17-4-1)50-40-51(45-18-5-2-6-19-45)42-52(41-50)46-30-32-48(33-31-46)68-60-25-11-13-28-62(60)71-70(72-68)49-34-37-53(38-35-49)73-63-39-36-47-20-7-8-21-54(47)66(63)67-57-24-10-9-22-55(57)61(43-64(67)73)59-27-15-26-58-56-23-12-14-29-65(56)74-69(58)59/h1-43H. The summed E-state index contributed by atoms with van der Waals surface area (Å²) in [4.78, 5) is 10.6. The fraction of sp³-hybridized carbons (Fsp3) is 0. The third-order valence-corrected chi connectivity index (χ3v) is 16.2. The molecule has 0 radical (unpaired) electrons. The number of aromatic nitrogens is 3. The zero-order valence-corrected chi connectivity index (χ0v) is 40.9. The van der Waals surface area contributed by atoms with Crippen molar-refractivity contribution in [1.82, 2.24) is 14.5 Å². The van der Waals surface area contributed by atoms with Crippen LogP contribution in [-0.4, -0.2) is 14.5 Å². The van der Waals surface area contributed by atoms with Gasteiger partial charge in [0, 0.05) is 58.7 Å². The number of para-hydroxylation sites is 1. The number of rotatable bonds is 7. The van der Waals surface area contributed by atoms with Crippen LogP contribution in [0.25, 0.3) is 147 Å². The van der Waals surface area contributed by atoms with Crippen molar-refractivity contribution in [3.63, 3.8) is 0 Å². The molecular weight excluding hydrogens is 915 g/mol. The highest BCUT2D eigenvalue weighted by molar-refractivity contribution is 7.26. The average molecular weight is 958 g/mol. The van der Waals surface area contributed by atoms with E-state index >= 15 is 0 Å². The molecule has 0 aliphatic rings. The first-order chi connectivity index (χ1) is 36.7. The SMILES string of the molecule is c1ccc(-c2cc(-c3ccccc3)cc(-c3ccc(-c4nc(-c5ccc(-n6c7ccc8ccccc8c7c7c8ccccc8c(-c8cccc9c8sc8ccccc89)cc76)cc5)nc5ccccc45)cc3)c2)cc1. The van der Waals surface area contributed by atoms with Crippen LogP contribution in [0.2, 0.25) is 0 Å². The minimum absolute atomic E-state index is 0.690. The lowest BCUT2D eigenvalue weighted by Gasteiger charge is -2.14. The van der Waals surface area contributed by atoms with Crippen molar-refractivity contribution in [1.29, 1.82) is 0 Å². The van der Waals surface area contributed by atoms with Gasteiger partial charge in [-0.15, -0.1) is 11.3 Å². The summed E-state index contributed by atoms with van der Waals surface area (Å²) in [5.74, 6) is 0.690. The Morgan fingerprint density at radius 2 is 0.865 bits per heavy atom. The first-order valence-corrected chi connectivity index (χ1v) is 26.0. The molecule has 3 heterocycles. The maximum atomic E-state index is 5.38. The monoisotopic (exact) mass is 957 g/mol. The van der Waals surface area contributed by atoms with Gasteiger partial charge in [-0.2, -0.15) is 0 Å². The van der Waals surface area contributed by atoms with Gasteiger partial charge in [0.1, 0.15) is 0 Å². The van der Waals surface area contributed by atoms with E-state index < -0.39 is 0 Å². The van der Waals surface area contributed by atoms with Crippen LogP contribution in [0.5, 0.6) is 0 Å². The lowest BCUT2D eigenvalue weighted by molar-refractivity contribution is 1.18. The van der Waals surface area contributed by atoms with Gasteiger partial charge in [0.2, 0.25) is 0 Å². The third kappa shape index (κ3) is 6.87. The van der Waals surface area contributed by atoms with Crippen LogP contribution in [0.4, 0.5) is 0 Å². The first-order valence-electron chi connectivity index (χ1n) is 25.2. The van der Waals surface area contributed by atoms with E-state index in [9.17, 15) is 0 Å². The lowest BCUT2D eigenvalue weighted by atomic mass is 9.93. The number of thiophene rings is 1. The van der Waals surface area contributed by atoms with Gasteiger partial charge in [-0.3, -0.25) is 0 Å². The smallest absolute Gasteiger partial charge is 0.160 e. The second-order valence-electron chi connectivity index (χ2n) is 19.2. The van der Waals surface area contributed by atoms with Crippen LogP contribution in [0.15, 0.2) is 261 Å². The average Bonchev–Trinajstić information content (AvgIpc) is 4.08. The van der Waals surface area contributed by atoms with Crippen molar-refractivity contribution in [3.05, 3.63) is 261 Å². The highest BCUT2D eigenvalue weighted by Gasteiger charge is 2.22. The zero-order chi connectivity index (χ0) is 48.7. The van der Waals surface area contributed by atoms with Crippen molar-refractivity contribution in [2.45, 2.75) is 0 Å². The highest BCUT2D eigenvalue weighted by atomic mass is 32.1. The Bertz CT molecular complexity index is 4630. The number of hydrogen-bond acceptors (Lipinski definition) is 3. The van der Waals surface area contributed by atoms with Crippen molar-refractivity contribution < 1.29 is 0 Å². The summed E-state index contributed by atoms with van der Waals surface area (Å²) >= 11 is 1.88. The van der Waals surface area contributed by atoms with E-state index in [1.165, 1.54) is 102 Å². The van der Waals surface area contributed by atoms with Gasteiger partial charge < -0.3 is 4.57 Å². The Morgan fingerprint density at radius 1 is 0.311 bits per heavy atom. The quantitative estimate of drug-likeness (QED) is 0.159. The summed E-state index contributed by atoms with van der Waals surface area (Å²) in [5.41, 5.74) is 16.8. The molecule has 0 spiro atoms. The molecule has 3 nitrogen and oxygen atoms in total. The molecule has 0 N–H and O–H groups in total. The Labute approximate surface area is 431 Å². The molecule has 15 aromatic rings. The summed E-state index contributed by atoms with van der Waals surface area (Å²) in [5, 5.41) is 11.1. The molecule has 0 fully saturated rings. The maximum Gasteiger partial charge on any atom is 0.160 e. The molecule has 4 heteroatoms. The second kappa shape index (κ2) is 17.1. The van der Waals surface area contributed by atoms with E-state index in [2.05, 4.69) is 265 Å². The molecule has 0 saturated heterocycles. The van der Waals surface area contributed by atoms with Crippen LogP contribution >= 0.6 is 11.3 Å². The van der Waals surface area contributed by atoms with Crippen LogP contribution in [0, 0.1) is 0 Å². The van der Waals surface area contributed by atoms with Gasteiger partial charge in [-0.05, 0) is 127 Å². The molecule has 344 valence electrons. The molecule has 0 saturated carbocycles. The molecule has 15 rings (SSSR count). The van der Waals surface area contributed by atoms with Crippen molar-refractivity contribution in [2.75, 3.05) is 0 Å². The van der Waals surface area contributed by atoms with Crippen LogP contribution in [0.3, 0.4) is 0 Å². The number of benzene rings is 12. The normalized spacial score (nSPS) is 11.8. The molecule has 0 atom stereocenters. The zero-order valence-electron chi connectivity index (χ0n) is 40.1. The van der Waals surface area contributed by atoms with Gasteiger partial charge in [-0.1, -0.05) is 194 Å². The Kier molecular flexibility index (Phi) is 9.75. The van der Waals surface area contributed by atoms with E-state index in [1.54, 1.807) is 0 Å². The van der Waals surface area contributed by atoms with Crippen molar-refractivity contribution in [3.8, 4) is 72.8 Å². The largest absolute Gasteiger partial charge is 0.309 e. The molecule has 12 aromatic carbocycles.